The average molecular weight is 309 g/mol. The maximum Gasteiger partial charge on any atom is 0.278 e. The minimum Gasteiger partial charge on any atom is -0.497 e. The first-order chi connectivity index (χ1) is 11.2. The van der Waals surface area contributed by atoms with Crippen molar-refractivity contribution in [2.24, 2.45) is 5.73 Å². The summed E-state index contributed by atoms with van der Waals surface area (Å²) in [5.74, 6) is -0.0693. The highest BCUT2D eigenvalue weighted by atomic mass is 16.5. The fourth-order valence-electron chi connectivity index (χ4n) is 2.40. The lowest BCUT2D eigenvalue weighted by Crippen LogP contribution is -2.17. The van der Waals surface area contributed by atoms with Gasteiger partial charge in [0.2, 0.25) is 0 Å². The SMILES string of the molecule is COc1cccc(C(=O)n2nc(C(=O)CN)c3ccccc32)c1. The van der Waals surface area contributed by atoms with Crippen LogP contribution in [0.5, 0.6) is 5.75 Å². The fraction of sp³-hybridized carbons (Fsp3) is 0.118. The molecule has 0 radical (unpaired) electrons. The number of aromatic nitrogens is 2. The molecule has 0 amide bonds. The Balaban J connectivity index is 2.15. The van der Waals surface area contributed by atoms with Gasteiger partial charge < -0.3 is 10.5 Å². The normalized spacial score (nSPS) is 10.7. The largest absolute Gasteiger partial charge is 0.497 e. The number of carbonyl (C=O) groups is 2. The number of rotatable bonds is 4. The van der Waals surface area contributed by atoms with Crippen molar-refractivity contribution in [1.29, 1.82) is 0 Å². The summed E-state index contributed by atoms with van der Waals surface area (Å²) in [7, 11) is 1.53. The van der Waals surface area contributed by atoms with Crippen molar-refractivity contribution in [3.05, 3.63) is 59.8 Å². The third-order valence-electron chi connectivity index (χ3n) is 3.55. The van der Waals surface area contributed by atoms with E-state index in [9.17, 15) is 9.59 Å². The molecule has 3 rings (SSSR count). The third kappa shape index (κ3) is 2.60. The molecule has 0 saturated heterocycles. The first-order valence-electron chi connectivity index (χ1n) is 7.05. The number of methoxy groups -OCH3 is 1. The molecule has 0 aliphatic rings. The summed E-state index contributed by atoms with van der Waals surface area (Å²) in [6, 6.07) is 13.8. The van der Waals surface area contributed by atoms with Crippen LogP contribution in [0.15, 0.2) is 48.5 Å². The van der Waals surface area contributed by atoms with E-state index in [1.54, 1.807) is 48.5 Å². The van der Waals surface area contributed by atoms with Gasteiger partial charge in [-0.1, -0.05) is 24.3 Å². The van der Waals surface area contributed by atoms with E-state index in [4.69, 9.17) is 10.5 Å². The fourth-order valence-corrected chi connectivity index (χ4v) is 2.40. The Bertz CT molecular complexity index is 899. The Morgan fingerprint density at radius 1 is 1.17 bits per heavy atom. The van der Waals surface area contributed by atoms with Crippen molar-refractivity contribution in [1.82, 2.24) is 9.78 Å². The van der Waals surface area contributed by atoms with Crippen LogP contribution in [-0.4, -0.2) is 35.1 Å². The molecule has 23 heavy (non-hydrogen) atoms. The predicted molar refractivity (Wildman–Crippen MR) is 85.8 cm³/mol. The monoisotopic (exact) mass is 309 g/mol. The summed E-state index contributed by atoms with van der Waals surface area (Å²) < 4.78 is 6.37. The topological polar surface area (TPSA) is 87.2 Å². The van der Waals surface area contributed by atoms with Gasteiger partial charge in [0.05, 0.1) is 19.2 Å². The summed E-state index contributed by atoms with van der Waals surface area (Å²) in [5, 5.41) is 4.80. The molecule has 116 valence electrons. The lowest BCUT2D eigenvalue weighted by Gasteiger charge is -2.04. The molecule has 0 aliphatic heterocycles. The van der Waals surface area contributed by atoms with E-state index in [1.807, 2.05) is 0 Å². The Morgan fingerprint density at radius 2 is 1.96 bits per heavy atom. The van der Waals surface area contributed by atoms with Crippen LogP contribution in [0.1, 0.15) is 20.8 Å². The van der Waals surface area contributed by atoms with E-state index >= 15 is 0 Å². The van der Waals surface area contributed by atoms with Gasteiger partial charge in [-0.15, -0.1) is 0 Å². The predicted octanol–water partition coefficient (Wildman–Crippen LogP) is 1.87. The number of para-hydroxylation sites is 1. The highest BCUT2D eigenvalue weighted by Crippen LogP contribution is 2.21. The minimum atomic E-state index is -0.337. The van der Waals surface area contributed by atoms with Crippen molar-refractivity contribution in [3.63, 3.8) is 0 Å². The molecule has 0 unspecified atom stereocenters. The summed E-state index contributed by atoms with van der Waals surface area (Å²) in [4.78, 5) is 24.7. The Kier molecular flexibility index (Phi) is 3.91. The zero-order valence-electron chi connectivity index (χ0n) is 12.5. The zero-order chi connectivity index (χ0) is 16.4. The molecule has 1 aromatic heterocycles. The van der Waals surface area contributed by atoms with Gasteiger partial charge >= 0.3 is 0 Å². The first kappa shape index (κ1) is 14.9. The molecule has 2 N–H and O–H groups in total. The number of fused-ring (bicyclic) bond motifs is 1. The van der Waals surface area contributed by atoms with E-state index in [0.29, 0.717) is 22.2 Å². The zero-order valence-corrected chi connectivity index (χ0v) is 12.5. The van der Waals surface area contributed by atoms with E-state index in [1.165, 1.54) is 11.8 Å². The van der Waals surface area contributed by atoms with Crippen LogP contribution in [0.25, 0.3) is 10.9 Å². The van der Waals surface area contributed by atoms with Gasteiger partial charge in [-0.05, 0) is 24.3 Å². The minimum absolute atomic E-state index is 0.158. The van der Waals surface area contributed by atoms with Crippen LogP contribution < -0.4 is 10.5 Å². The van der Waals surface area contributed by atoms with Gasteiger partial charge in [0.1, 0.15) is 11.4 Å². The van der Waals surface area contributed by atoms with Gasteiger partial charge in [-0.2, -0.15) is 9.78 Å². The third-order valence-corrected chi connectivity index (χ3v) is 3.55. The quantitative estimate of drug-likeness (QED) is 0.743. The number of nitrogens with zero attached hydrogens (tertiary/aromatic N) is 2. The molecule has 2 aromatic carbocycles. The van der Waals surface area contributed by atoms with Crippen LogP contribution >= 0.6 is 0 Å². The van der Waals surface area contributed by atoms with Crippen LogP contribution in [0.3, 0.4) is 0 Å². The number of ether oxygens (including phenoxy) is 1. The highest BCUT2D eigenvalue weighted by molar-refractivity contribution is 6.10. The van der Waals surface area contributed by atoms with Gasteiger partial charge in [0.15, 0.2) is 5.78 Å². The van der Waals surface area contributed by atoms with Crippen LogP contribution in [0, 0.1) is 0 Å². The number of nitrogens with two attached hydrogens (primary N) is 1. The molecule has 3 aromatic rings. The molecule has 0 aliphatic carbocycles. The summed E-state index contributed by atoms with van der Waals surface area (Å²) >= 11 is 0. The Hall–Kier alpha value is -2.99. The molecule has 6 heteroatoms. The maximum atomic E-state index is 12.8. The Labute approximate surface area is 132 Å². The lowest BCUT2D eigenvalue weighted by atomic mass is 10.1. The van der Waals surface area contributed by atoms with Crippen molar-refractivity contribution >= 4 is 22.6 Å². The molecule has 0 saturated carbocycles. The molecular weight excluding hydrogens is 294 g/mol. The molecule has 6 nitrogen and oxygen atoms in total. The van der Waals surface area contributed by atoms with E-state index in [2.05, 4.69) is 5.10 Å². The lowest BCUT2D eigenvalue weighted by molar-refractivity contribution is 0.0948. The Morgan fingerprint density at radius 3 is 2.70 bits per heavy atom. The smallest absolute Gasteiger partial charge is 0.278 e. The summed E-state index contributed by atoms with van der Waals surface area (Å²) in [5.41, 5.74) is 6.62. The average Bonchev–Trinajstić information content (AvgIpc) is 3.00. The van der Waals surface area contributed by atoms with Crippen molar-refractivity contribution in [2.75, 3.05) is 13.7 Å². The van der Waals surface area contributed by atoms with Crippen molar-refractivity contribution in [2.45, 2.75) is 0 Å². The summed E-state index contributed by atoms with van der Waals surface area (Å²) in [6.07, 6.45) is 0. The second-order valence-corrected chi connectivity index (χ2v) is 4.94. The molecule has 0 fully saturated rings. The number of Topliss-reactive ketones (excluding diaryl/α,β-unsaturated/α-hetero) is 1. The molecular formula is C17H15N3O3. The number of benzene rings is 2. The number of carbonyl (C=O) groups excluding carboxylic acids is 2. The number of hydrogen-bond donors (Lipinski definition) is 1. The highest BCUT2D eigenvalue weighted by Gasteiger charge is 2.20. The van der Waals surface area contributed by atoms with Gasteiger partial charge in [-0.25, -0.2) is 0 Å². The van der Waals surface area contributed by atoms with Crippen LogP contribution in [0.2, 0.25) is 0 Å². The molecule has 0 atom stereocenters. The summed E-state index contributed by atoms with van der Waals surface area (Å²) in [6.45, 7) is -0.158. The first-order valence-corrected chi connectivity index (χ1v) is 7.05. The van der Waals surface area contributed by atoms with E-state index in [0.717, 1.165) is 0 Å². The number of hydrogen-bond acceptors (Lipinski definition) is 5. The van der Waals surface area contributed by atoms with E-state index in [-0.39, 0.29) is 23.9 Å². The van der Waals surface area contributed by atoms with E-state index < -0.39 is 0 Å². The number of ketones is 1. The van der Waals surface area contributed by atoms with Crippen molar-refractivity contribution < 1.29 is 14.3 Å². The molecule has 1 heterocycles. The molecule has 0 bridgehead atoms. The second-order valence-electron chi connectivity index (χ2n) is 4.94. The van der Waals surface area contributed by atoms with Gasteiger partial charge in [0.25, 0.3) is 5.91 Å². The van der Waals surface area contributed by atoms with Gasteiger partial charge in [-0.3, -0.25) is 9.59 Å². The molecule has 0 spiro atoms. The van der Waals surface area contributed by atoms with Gasteiger partial charge in [0, 0.05) is 10.9 Å². The van der Waals surface area contributed by atoms with Crippen LogP contribution in [0.4, 0.5) is 0 Å². The standard InChI is InChI=1S/C17H15N3O3/c1-23-12-6-4-5-11(9-12)17(22)20-14-8-3-2-7-13(14)16(19-20)15(21)10-18/h2-9H,10,18H2,1H3. The second kappa shape index (κ2) is 6.02. The van der Waals surface area contributed by atoms with Crippen molar-refractivity contribution in [3.8, 4) is 5.75 Å². The van der Waals surface area contributed by atoms with Crippen LogP contribution in [-0.2, 0) is 0 Å². The maximum absolute atomic E-state index is 12.8.